The molecule has 3 N–H and O–H groups in total. The highest BCUT2D eigenvalue weighted by Crippen LogP contribution is 2.69. The van der Waals surface area contributed by atoms with Gasteiger partial charge in [-0.1, -0.05) is 13.8 Å². The average molecular weight is 391 g/mol. The van der Waals surface area contributed by atoms with Crippen LogP contribution in [0.5, 0.6) is 0 Å². The molecule has 5 rings (SSSR count). The van der Waals surface area contributed by atoms with Gasteiger partial charge in [-0.3, -0.25) is 0 Å². The summed E-state index contributed by atoms with van der Waals surface area (Å²) in [4.78, 5) is 11.6. The molecule has 9 atom stereocenters. The molecule has 1 heterocycles. The number of esters is 1. The maximum absolute atomic E-state index is 12.1. The van der Waals surface area contributed by atoms with Crippen molar-refractivity contribution in [3.05, 3.63) is 11.6 Å². The lowest BCUT2D eigenvalue weighted by atomic mass is 9.42. The van der Waals surface area contributed by atoms with Crippen molar-refractivity contribution in [1.29, 1.82) is 0 Å². The second-order valence-electron chi connectivity index (χ2n) is 10.9. The summed E-state index contributed by atoms with van der Waals surface area (Å²) in [6, 6.07) is 0. The molecule has 4 aliphatic carbocycles. The lowest BCUT2D eigenvalue weighted by molar-refractivity contribution is -0.242. The van der Waals surface area contributed by atoms with Gasteiger partial charge in [-0.15, -0.1) is 0 Å². The van der Waals surface area contributed by atoms with Crippen LogP contribution in [0.25, 0.3) is 0 Å². The lowest BCUT2D eigenvalue weighted by Crippen LogP contribution is -2.66. The molecule has 5 heteroatoms. The molecule has 4 saturated carbocycles. The number of fused-ring (bicyclic) bond motifs is 5. The fourth-order valence-electron chi connectivity index (χ4n) is 8.49. The SMILES string of the molecule is C[C@]12CC[C@H](O)C[C@H]1CC[C@@H]1[C@@H]2[C@H](O)C[C@]2(C)[C@@H](C3=CC(=O)OC3)CC[C@]12O. The largest absolute Gasteiger partial charge is 0.458 e. The van der Waals surface area contributed by atoms with Gasteiger partial charge in [0.05, 0.1) is 17.8 Å². The monoisotopic (exact) mass is 390 g/mol. The van der Waals surface area contributed by atoms with Gasteiger partial charge in [-0.25, -0.2) is 4.79 Å². The number of hydrogen-bond donors (Lipinski definition) is 3. The molecule has 28 heavy (non-hydrogen) atoms. The summed E-state index contributed by atoms with van der Waals surface area (Å²) in [5, 5.41) is 33.7. The predicted octanol–water partition coefficient (Wildman–Crippen LogP) is 2.58. The third-order valence-electron chi connectivity index (χ3n) is 9.89. The molecule has 0 aromatic carbocycles. The van der Waals surface area contributed by atoms with Crippen LogP contribution in [0.1, 0.15) is 65.2 Å². The number of carbonyl (C=O) groups is 1. The Kier molecular flexibility index (Phi) is 4.12. The molecule has 156 valence electrons. The fraction of sp³-hybridized carbons (Fsp3) is 0.870. The molecule has 5 aliphatic rings. The van der Waals surface area contributed by atoms with Crippen LogP contribution in [-0.2, 0) is 9.53 Å². The van der Waals surface area contributed by atoms with Crippen LogP contribution in [0.4, 0.5) is 0 Å². The molecule has 0 spiro atoms. The zero-order valence-electron chi connectivity index (χ0n) is 17.1. The number of rotatable bonds is 1. The molecule has 1 aliphatic heterocycles. The van der Waals surface area contributed by atoms with Crippen molar-refractivity contribution in [3.8, 4) is 0 Å². The van der Waals surface area contributed by atoms with E-state index in [1.54, 1.807) is 6.08 Å². The van der Waals surface area contributed by atoms with Crippen molar-refractivity contribution in [2.75, 3.05) is 6.61 Å². The first-order valence-corrected chi connectivity index (χ1v) is 11.1. The summed E-state index contributed by atoms with van der Waals surface area (Å²) >= 11 is 0. The molecule has 0 unspecified atom stereocenters. The van der Waals surface area contributed by atoms with Crippen LogP contribution in [-0.4, -0.2) is 45.7 Å². The molecule has 4 fully saturated rings. The normalized spacial score (nSPS) is 55.8. The van der Waals surface area contributed by atoms with Crippen molar-refractivity contribution in [3.63, 3.8) is 0 Å². The van der Waals surface area contributed by atoms with E-state index in [4.69, 9.17) is 4.74 Å². The molecule has 5 nitrogen and oxygen atoms in total. The first-order valence-electron chi connectivity index (χ1n) is 11.1. The summed E-state index contributed by atoms with van der Waals surface area (Å²) in [5.41, 5.74) is -0.250. The molecular weight excluding hydrogens is 356 g/mol. The minimum Gasteiger partial charge on any atom is -0.458 e. The Bertz CT molecular complexity index is 718. The van der Waals surface area contributed by atoms with E-state index in [1.807, 2.05) is 0 Å². The van der Waals surface area contributed by atoms with Crippen LogP contribution >= 0.6 is 0 Å². The first-order chi connectivity index (χ1) is 13.2. The number of hydrogen-bond acceptors (Lipinski definition) is 5. The Morgan fingerprint density at radius 2 is 1.89 bits per heavy atom. The number of cyclic esters (lactones) is 1. The van der Waals surface area contributed by atoms with Gasteiger partial charge < -0.3 is 20.1 Å². The Morgan fingerprint density at radius 1 is 1.11 bits per heavy atom. The highest BCUT2D eigenvalue weighted by Gasteiger charge is 2.69. The van der Waals surface area contributed by atoms with Crippen LogP contribution in [0, 0.1) is 34.5 Å². The number of aliphatic hydroxyl groups is 3. The molecule has 0 aromatic heterocycles. The van der Waals surface area contributed by atoms with Crippen molar-refractivity contribution < 1.29 is 24.9 Å². The summed E-state index contributed by atoms with van der Waals surface area (Å²) in [7, 11) is 0. The van der Waals surface area contributed by atoms with Crippen LogP contribution in [0.15, 0.2) is 11.6 Å². The average Bonchev–Trinajstić information content (AvgIpc) is 3.16. The minimum atomic E-state index is -0.807. The lowest BCUT2D eigenvalue weighted by Gasteiger charge is -2.65. The summed E-state index contributed by atoms with van der Waals surface area (Å²) in [6.07, 6.45) is 7.61. The standard InChI is InChI=1S/C23H34O5/c1-21-7-5-15(24)10-14(21)3-4-17-20(21)18(25)11-22(2)16(6-8-23(17,22)27)13-9-19(26)28-12-13/h9,14-18,20,24-25,27H,3-8,10-12H2,1-2H3/t14-,15+,16-,17-,18-,20-,21+,22-,23+/m1/s1. The second-order valence-corrected chi connectivity index (χ2v) is 10.9. The Labute approximate surface area is 167 Å². The first kappa shape index (κ1) is 19.1. The van der Waals surface area contributed by atoms with E-state index in [9.17, 15) is 20.1 Å². The Balaban J connectivity index is 1.51. The molecular formula is C23H34O5. The second kappa shape index (κ2) is 6.05. The van der Waals surface area contributed by atoms with E-state index in [0.29, 0.717) is 18.9 Å². The van der Waals surface area contributed by atoms with Gasteiger partial charge in [0.1, 0.15) is 6.61 Å². The maximum atomic E-state index is 12.1. The van der Waals surface area contributed by atoms with Crippen molar-refractivity contribution in [1.82, 2.24) is 0 Å². The third kappa shape index (κ3) is 2.33. The van der Waals surface area contributed by atoms with E-state index >= 15 is 0 Å². The van der Waals surface area contributed by atoms with Crippen LogP contribution in [0.3, 0.4) is 0 Å². The number of aliphatic hydroxyl groups excluding tert-OH is 2. The maximum Gasteiger partial charge on any atom is 0.331 e. The highest BCUT2D eigenvalue weighted by atomic mass is 16.5. The van der Waals surface area contributed by atoms with Gasteiger partial charge in [0, 0.05) is 11.5 Å². The molecule has 0 saturated heterocycles. The topological polar surface area (TPSA) is 87.0 Å². The van der Waals surface area contributed by atoms with E-state index in [0.717, 1.165) is 50.5 Å². The molecule has 0 amide bonds. The number of ether oxygens (including phenoxy) is 1. The summed E-state index contributed by atoms with van der Waals surface area (Å²) in [6.45, 7) is 4.76. The number of carbonyl (C=O) groups excluding carboxylic acids is 1. The highest BCUT2D eigenvalue weighted by molar-refractivity contribution is 5.85. The van der Waals surface area contributed by atoms with Crippen LogP contribution in [0.2, 0.25) is 0 Å². The van der Waals surface area contributed by atoms with E-state index in [1.165, 1.54) is 0 Å². The predicted molar refractivity (Wildman–Crippen MR) is 103 cm³/mol. The van der Waals surface area contributed by atoms with Gasteiger partial charge in [-0.05, 0) is 86.0 Å². The van der Waals surface area contributed by atoms with Gasteiger partial charge in [0.15, 0.2) is 0 Å². The molecule has 0 radical (unpaired) electrons. The fourth-order valence-corrected chi connectivity index (χ4v) is 8.49. The quantitative estimate of drug-likeness (QED) is 0.599. The minimum absolute atomic E-state index is 0.0115. The molecule has 0 aromatic rings. The van der Waals surface area contributed by atoms with E-state index < -0.39 is 17.1 Å². The zero-order valence-corrected chi connectivity index (χ0v) is 17.1. The van der Waals surface area contributed by atoms with E-state index in [-0.39, 0.29) is 35.2 Å². The molecule has 0 bridgehead atoms. The Hall–Kier alpha value is -0.910. The summed E-state index contributed by atoms with van der Waals surface area (Å²) < 4.78 is 5.17. The van der Waals surface area contributed by atoms with Gasteiger partial charge >= 0.3 is 5.97 Å². The van der Waals surface area contributed by atoms with E-state index in [2.05, 4.69) is 13.8 Å². The summed E-state index contributed by atoms with van der Waals surface area (Å²) in [5.74, 6) is 0.420. The third-order valence-corrected chi connectivity index (χ3v) is 9.89. The smallest absolute Gasteiger partial charge is 0.331 e. The van der Waals surface area contributed by atoms with Gasteiger partial charge in [0.2, 0.25) is 0 Å². The van der Waals surface area contributed by atoms with Gasteiger partial charge in [-0.2, -0.15) is 0 Å². The Morgan fingerprint density at radius 3 is 2.61 bits per heavy atom. The van der Waals surface area contributed by atoms with Crippen LogP contribution < -0.4 is 0 Å². The zero-order chi connectivity index (χ0) is 19.9. The van der Waals surface area contributed by atoms with Crippen molar-refractivity contribution >= 4 is 5.97 Å². The van der Waals surface area contributed by atoms with Crippen molar-refractivity contribution in [2.45, 2.75) is 83.0 Å². The van der Waals surface area contributed by atoms with Crippen molar-refractivity contribution in [2.24, 2.45) is 34.5 Å². The van der Waals surface area contributed by atoms with Gasteiger partial charge in [0.25, 0.3) is 0 Å².